The van der Waals surface area contributed by atoms with Crippen molar-refractivity contribution >= 4 is 29.8 Å². The molecule has 11 nitrogen and oxygen atoms in total. The van der Waals surface area contributed by atoms with Crippen LogP contribution >= 0.6 is 0 Å². The Kier molecular flexibility index (Phi) is 8.71. The van der Waals surface area contributed by atoms with Gasteiger partial charge in [0.1, 0.15) is 18.8 Å². The molecule has 0 radical (unpaired) electrons. The van der Waals surface area contributed by atoms with Crippen LogP contribution in [0.4, 0.5) is 0 Å². The molecule has 11 heteroatoms. The van der Waals surface area contributed by atoms with E-state index in [9.17, 15) is 24.0 Å². The lowest BCUT2D eigenvalue weighted by Gasteiger charge is -2.44. The zero-order chi connectivity index (χ0) is 23.8. The number of carbonyl (C=O) groups is 5. The molecule has 0 aromatic heterocycles. The van der Waals surface area contributed by atoms with Crippen molar-refractivity contribution in [2.24, 2.45) is 0 Å². The minimum absolute atomic E-state index is 0.209. The molecule has 1 saturated heterocycles. The van der Waals surface area contributed by atoms with E-state index in [-0.39, 0.29) is 5.56 Å². The topological polar surface area (TPSA) is 144 Å². The Hall–Kier alpha value is -3.47. The molecule has 32 heavy (non-hydrogen) atoms. The van der Waals surface area contributed by atoms with E-state index in [1.54, 1.807) is 18.2 Å². The van der Waals surface area contributed by atoms with Crippen LogP contribution in [0.5, 0.6) is 0 Å². The van der Waals surface area contributed by atoms with Crippen LogP contribution in [0.3, 0.4) is 0 Å². The number of amides is 1. The maximum absolute atomic E-state index is 12.6. The smallest absolute Gasteiger partial charge is 0.340 e. The molecule has 1 N–H and O–H groups in total. The number of hydrogen-bond acceptors (Lipinski definition) is 10. The van der Waals surface area contributed by atoms with Gasteiger partial charge >= 0.3 is 23.9 Å². The first-order chi connectivity index (χ1) is 15.1. The van der Waals surface area contributed by atoms with Crippen LogP contribution in [-0.4, -0.2) is 67.0 Å². The van der Waals surface area contributed by atoms with Gasteiger partial charge in [0, 0.05) is 27.7 Å². The molecule has 0 bridgehead atoms. The zero-order valence-electron chi connectivity index (χ0n) is 18.1. The predicted molar refractivity (Wildman–Crippen MR) is 106 cm³/mol. The molecule has 1 aromatic rings. The molecule has 1 aliphatic rings. The highest BCUT2D eigenvalue weighted by Crippen LogP contribution is 2.28. The van der Waals surface area contributed by atoms with Crippen molar-refractivity contribution < 1.29 is 47.7 Å². The molecule has 1 heterocycles. The molecule has 1 aromatic carbocycles. The van der Waals surface area contributed by atoms with Crippen molar-refractivity contribution in [3.05, 3.63) is 35.9 Å². The third kappa shape index (κ3) is 7.05. The van der Waals surface area contributed by atoms with Gasteiger partial charge in [0.05, 0.1) is 5.56 Å². The highest BCUT2D eigenvalue weighted by Gasteiger charge is 2.52. The summed E-state index contributed by atoms with van der Waals surface area (Å²) in [5.41, 5.74) is 0.209. The Morgan fingerprint density at radius 1 is 0.844 bits per heavy atom. The zero-order valence-corrected chi connectivity index (χ0v) is 18.1. The average molecular weight is 451 g/mol. The lowest BCUT2D eigenvalue weighted by Crippen LogP contribution is -2.66. The van der Waals surface area contributed by atoms with Crippen molar-refractivity contribution in [2.45, 2.75) is 58.3 Å². The van der Waals surface area contributed by atoms with Gasteiger partial charge in [-0.3, -0.25) is 19.2 Å². The van der Waals surface area contributed by atoms with Crippen molar-refractivity contribution in [2.75, 3.05) is 6.61 Å². The normalized spacial score (nSPS) is 24.6. The Morgan fingerprint density at radius 2 is 1.44 bits per heavy atom. The Balaban J connectivity index is 2.42. The standard InChI is InChI=1S/C21H25NO10/c1-11(23)22-17-19(30-14(4)26)18(29-13(3)25)16(10-28-12(2)24)31-21(17)32-20(27)15-8-6-5-7-9-15/h5-9,16-19,21H,10H2,1-4H3,(H,22,23)/t16-,17+,18-,19-,21+/m1/s1. The van der Waals surface area contributed by atoms with Gasteiger partial charge in [0.2, 0.25) is 12.2 Å². The third-order valence-corrected chi connectivity index (χ3v) is 4.30. The fourth-order valence-corrected chi connectivity index (χ4v) is 3.14. The molecule has 1 aliphatic heterocycles. The van der Waals surface area contributed by atoms with Crippen LogP contribution in [0, 0.1) is 0 Å². The average Bonchev–Trinajstić information content (AvgIpc) is 2.70. The van der Waals surface area contributed by atoms with Gasteiger partial charge in [-0.05, 0) is 12.1 Å². The first kappa shape index (κ1) is 24.8. The van der Waals surface area contributed by atoms with Gasteiger partial charge in [-0.1, -0.05) is 18.2 Å². The lowest BCUT2D eigenvalue weighted by molar-refractivity contribution is -0.263. The molecule has 2 rings (SSSR count). The van der Waals surface area contributed by atoms with Crippen LogP contribution < -0.4 is 5.32 Å². The summed E-state index contributed by atoms with van der Waals surface area (Å²) in [6.45, 7) is 4.23. The summed E-state index contributed by atoms with van der Waals surface area (Å²) >= 11 is 0. The van der Waals surface area contributed by atoms with Crippen LogP contribution in [0.15, 0.2) is 30.3 Å². The van der Waals surface area contributed by atoms with Gasteiger partial charge in [0.25, 0.3) is 0 Å². The summed E-state index contributed by atoms with van der Waals surface area (Å²) in [6.07, 6.45) is -5.18. The van der Waals surface area contributed by atoms with Crippen molar-refractivity contribution in [1.29, 1.82) is 0 Å². The molecular formula is C21H25NO10. The van der Waals surface area contributed by atoms with Crippen molar-refractivity contribution in [3.63, 3.8) is 0 Å². The second-order valence-corrected chi connectivity index (χ2v) is 6.99. The minimum atomic E-state index is -1.46. The molecule has 0 aliphatic carbocycles. The SMILES string of the molecule is CC(=O)N[C@@H]1[C@H](OC(=O)c2ccccc2)O[C@H](COC(C)=O)[C@@H](OC(C)=O)[C@@H]1OC(C)=O. The van der Waals surface area contributed by atoms with E-state index in [2.05, 4.69) is 5.32 Å². The molecule has 5 atom stereocenters. The molecule has 174 valence electrons. The van der Waals surface area contributed by atoms with Gasteiger partial charge in [-0.2, -0.15) is 0 Å². The molecular weight excluding hydrogens is 426 g/mol. The van der Waals surface area contributed by atoms with Gasteiger partial charge in [0.15, 0.2) is 12.2 Å². The number of nitrogens with one attached hydrogen (secondary N) is 1. The van der Waals surface area contributed by atoms with Gasteiger partial charge < -0.3 is 29.0 Å². The van der Waals surface area contributed by atoms with Crippen LogP contribution in [0.25, 0.3) is 0 Å². The Labute approximate surface area is 184 Å². The second kappa shape index (κ2) is 11.2. The maximum atomic E-state index is 12.6. The molecule has 0 spiro atoms. The monoisotopic (exact) mass is 451 g/mol. The fourth-order valence-electron chi connectivity index (χ4n) is 3.14. The predicted octanol–water partition coefficient (Wildman–Crippen LogP) is 0.499. The van der Waals surface area contributed by atoms with Crippen LogP contribution in [-0.2, 0) is 42.9 Å². The Morgan fingerprint density at radius 3 is 1.97 bits per heavy atom. The number of esters is 4. The summed E-state index contributed by atoms with van der Waals surface area (Å²) in [6, 6.07) is 6.78. The van der Waals surface area contributed by atoms with Crippen LogP contribution in [0.1, 0.15) is 38.1 Å². The fraction of sp³-hybridized carbons (Fsp3) is 0.476. The first-order valence-corrected chi connectivity index (χ1v) is 9.75. The van der Waals surface area contributed by atoms with Gasteiger partial charge in [-0.25, -0.2) is 4.79 Å². The van der Waals surface area contributed by atoms with E-state index in [1.165, 1.54) is 26.0 Å². The largest absolute Gasteiger partial charge is 0.463 e. The van der Waals surface area contributed by atoms with Crippen molar-refractivity contribution in [3.8, 4) is 0 Å². The Bertz CT molecular complexity index is 855. The molecule has 0 saturated carbocycles. The van der Waals surface area contributed by atoms with E-state index in [0.717, 1.165) is 13.8 Å². The summed E-state index contributed by atoms with van der Waals surface area (Å²) in [4.78, 5) is 59.3. The number of ether oxygens (including phenoxy) is 5. The minimum Gasteiger partial charge on any atom is -0.463 e. The maximum Gasteiger partial charge on any atom is 0.340 e. The van der Waals surface area contributed by atoms with E-state index in [1.807, 2.05) is 0 Å². The summed E-state index contributed by atoms with van der Waals surface area (Å²) in [5, 5.41) is 2.52. The highest BCUT2D eigenvalue weighted by atomic mass is 16.7. The number of rotatable bonds is 7. The molecule has 1 amide bonds. The number of benzene rings is 1. The second-order valence-electron chi connectivity index (χ2n) is 6.99. The third-order valence-electron chi connectivity index (χ3n) is 4.30. The van der Waals surface area contributed by atoms with Gasteiger partial charge in [-0.15, -0.1) is 0 Å². The first-order valence-electron chi connectivity index (χ1n) is 9.75. The number of hydrogen-bond donors (Lipinski definition) is 1. The molecule has 0 unspecified atom stereocenters. The van der Waals surface area contributed by atoms with Crippen molar-refractivity contribution in [1.82, 2.24) is 5.32 Å². The van der Waals surface area contributed by atoms with E-state index in [4.69, 9.17) is 23.7 Å². The molecule has 1 fully saturated rings. The van der Waals surface area contributed by atoms with E-state index < -0.39 is 67.0 Å². The van der Waals surface area contributed by atoms with E-state index in [0.29, 0.717) is 0 Å². The quantitative estimate of drug-likeness (QED) is 0.460. The lowest BCUT2D eigenvalue weighted by atomic mass is 9.96. The number of carbonyl (C=O) groups excluding carboxylic acids is 5. The summed E-state index contributed by atoms with van der Waals surface area (Å²) < 4.78 is 26.8. The van der Waals surface area contributed by atoms with Crippen LogP contribution in [0.2, 0.25) is 0 Å². The highest BCUT2D eigenvalue weighted by molar-refractivity contribution is 5.89. The summed E-state index contributed by atoms with van der Waals surface area (Å²) in [5.74, 6) is -3.43. The summed E-state index contributed by atoms with van der Waals surface area (Å²) in [7, 11) is 0. The van der Waals surface area contributed by atoms with E-state index >= 15 is 0 Å².